The molecule has 1 atom stereocenters. The summed E-state index contributed by atoms with van der Waals surface area (Å²) < 4.78 is 1.20. The van der Waals surface area contributed by atoms with E-state index >= 15 is 0 Å². The summed E-state index contributed by atoms with van der Waals surface area (Å²) in [4.78, 5) is 2.44. The highest BCUT2D eigenvalue weighted by molar-refractivity contribution is 14.1. The minimum Gasteiger partial charge on any atom is -0.397 e. The summed E-state index contributed by atoms with van der Waals surface area (Å²) in [5.41, 5.74) is 8.22. The highest BCUT2D eigenvalue weighted by Crippen LogP contribution is 2.27. The van der Waals surface area contributed by atoms with Crippen LogP contribution in [0.4, 0.5) is 11.4 Å². The van der Waals surface area contributed by atoms with E-state index in [1.165, 1.54) is 22.1 Å². The maximum atomic E-state index is 6.14. The molecule has 1 aromatic carbocycles. The van der Waals surface area contributed by atoms with Crippen molar-refractivity contribution in [1.82, 2.24) is 0 Å². The zero-order valence-corrected chi connectivity index (χ0v) is 13.2. The largest absolute Gasteiger partial charge is 0.397 e. The van der Waals surface area contributed by atoms with Gasteiger partial charge in [0.2, 0.25) is 0 Å². The Morgan fingerprint density at radius 2 is 2.06 bits per heavy atom. The average molecular weight is 346 g/mol. The summed E-state index contributed by atoms with van der Waals surface area (Å²) in [6.45, 7) is 7.82. The molecular formula is C14H23IN2. The number of benzene rings is 1. The SMILES string of the molecule is CCCCN(c1ccc(I)cc1N)C(C)CC. The molecule has 0 radical (unpaired) electrons. The van der Waals surface area contributed by atoms with Crippen LogP contribution in [-0.2, 0) is 0 Å². The maximum Gasteiger partial charge on any atom is 0.0603 e. The monoisotopic (exact) mass is 346 g/mol. The second kappa shape index (κ2) is 7.09. The lowest BCUT2D eigenvalue weighted by Crippen LogP contribution is -2.34. The summed E-state index contributed by atoms with van der Waals surface area (Å²) in [5.74, 6) is 0. The molecule has 0 fully saturated rings. The molecule has 0 heterocycles. The molecular weight excluding hydrogens is 323 g/mol. The number of anilines is 2. The summed E-state index contributed by atoms with van der Waals surface area (Å²) >= 11 is 2.30. The van der Waals surface area contributed by atoms with Crippen LogP contribution in [0.2, 0.25) is 0 Å². The lowest BCUT2D eigenvalue weighted by Gasteiger charge is -2.32. The number of hydrogen-bond acceptors (Lipinski definition) is 2. The molecule has 1 unspecified atom stereocenters. The van der Waals surface area contributed by atoms with E-state index in [1.54, 1.807) is 0 Å². The predicted molar refractivity (Wildman–Crippen MR) is 85.6 cm³/mol. The summed E-state index contributed by atoms with van der Waals surface area (Å²) in [5, 5.41) is 0. The first-order chi connectivity index (χ1) is 8.10. The molecule has 0 saturated heterocycles. The first-order valence-corrected chi connectivity index (χ1v) is 7.49. The second-order valence-corrected chi connectivity index (χ2v) is 5.75. The Hall–Kier alpha value is -0.450. The van der Waals surface area contributed by atoms with Gasteiger partial charge in [-0.1, -0.05) is 20.3 Å². The van der Waals surface area contributed by atoms with Gasteiger partial charge in [-0.3, -0.25) is 0 Å². The van der Waals surface area contributed by atoms with Gasteiger partial charge in [-0.15, -0.1) is 0 Å². The lowest BCUT2D eigenvalue weighted by atomic mass is 10.1. The van der Waals surface area contributed by atoms with E-state index in [4.69, 9.17) is 5.73 Å². The summed E-state index contributed by atoms with van der Waals surface area (Å²) in [7, 11) is 0. The predicted octanol–water partition coefficient (Wildman–Crippen LogP) is 4.28. The van der Waals surface area contributed by atoms with Crippen molar-refractivity contribution in [3.63, 3.8) is 0 Å². The van der Waals surface area contributed by atoms with Crippen LogP contribution in [0.5, 0.6) is 0 Å². The quantitative estimate of drug-likeness (QED) is 0.615. The molecule has 96 valence electrons. The Kier molecular flexibility index (Phi) is 6.09. The molecule has 1 aromatic rings. The van der Waals surface area contributed by atoms with Gasteiger partial charge >= 0.3 is 0 Å². The molecule has 0 aliphatic heterocycles. The van der Waals surface area contributed by atoms with Crippen molar-refractivity contribution >= 4 is 34.0 Å². The Morgan fingerprint density at radius 1 is 1.35 bits per heavy atom. The molecule has 17 heavy (non-hydrogen) atoms. The van der Waals surface area contributed by atoms with Crippen molar-refractivity contribution in [2.75, 3.05) is 17.2 Å². The van der Waals surface area contributed by atoms with Crippen LogP contribution in [0.15, 0.2) is 18.2 Å². The molecule has 3 heteroatoms. The molecule has 0 aliphatic rings. The van der Waals surface area contributed by atoms with E-state index in [0.29, 0.717) is 6.04 Å². The summed E-state index contributed by atoms with van der Waals surface area (Å²) in [6.07, 6.45) is 3.59. The topological polar surface area (TPSA) is 29.3 Å². The first kappa shape index (κ1) is 14.6. The van der Waals surface area contributed by atoms with Crippen LogP contribution < -0.4 is 10.6 Å². The van der Waals surface area contributed by atoms with Crippen LogP contribution in [-0.4, -0.2) is 12.6 Å². The van der Waals surface area contributed by atoms with E-state index in [1.807, 2.05) is 0 Å². The normalized spacial score (nSPS) is 12.5. The molecule has 0 aliphatic carbocycles. The number of unbranched alkanes of at least 4 members (excludes halogenated alkanes) is 1. The van der Waals surface area contributed by atoms with Crippen LogP contribution >= 0.6 is 22.6 Å². The summed E-state index contributed by atoms with van der Waals surface area (Å²) in [6, 6.07) is 6.88. The Balaban J connectivity index is 2.95. The van der Waals surface area contributed by atoms with Crippen molar-refractivity contribution in [3.8, 4) is 0 Å². The van der Waals surface area contributed by atoms with E-state index in [9.17, 15) is 0 Å². The molecule has 0 spiro atoms. The van der Waals surface area contributed by atoms with Gasteiger partial charge in [0.05, 0.1) is 11.4 Å². The lowest BCUT2D eigenvalue weighted by molar-refractivity contribution is 0.596. The van der Waals surface area contributed by atoms with Gasteiger partial charge in [0.15, 0.2) is 0 Å². The highest BCUT2D eigenvalue weighted by atomic mass is 127. The van der Waals surface area contributed by atoms with Gasteiger partial charge < -0.3 is 10.6 Å². The van der Waals surface area contributed by atoms with Gasteiger partial charge in [0.1, 0.15) is 0 Å². The average Bonchev–Trinajstić information content (AvgIpc) is 2.31. The molecule has 0 saturated carbocycles. The van der Waals surface area contributed by atoms with Gasteiger partial charge in [-0.05, 0) is 60.6 Å². The molecule has 0 bridgehead atoms. The number of hydrogen-bond donors (Lipinski definition) is 1. The Labute approximate surface area is 119 Å². The zero-order valence-electron chi connectivity index (χ0n) is 11.0. The van der Waals surface area contributed by atoms with Gasteiger partial charge in [0.25, 0.3) is 0 Å². The van der Waals surface area contributed by atoms with E-state index < -0.39 is 0 Å². The number of rotatable bonds is 6. The van der Waals surface area contributed by atoms with Crippen LogP contribution in [0.1, 0.15) is 40.0 Å². The van der Waals surface area contributed by atoms with Gasteiger partial charge in [-0.2, -0.15) is 0 Å². The van der Waals surface area contributed by atoms with Crippen molar-refractivity contribution in [3.05, 3.63) is 21.8 Å². The molecule has 2 N–H and O–H groups in total. The Bertz CT molecular complexity index is 352. The number of nitrogen functional groups attached to an aromatic ring is 1. The second-order valence-electron chi connectivity index (χ2n) is 4.51. The van der Waals surface area contributed by atoms with Crippen molar-refractivity contribution in [1.29, 1.82) is 0 Å². The minimum absolute atomic E-state index is 0.545. The van der Waals surface area contributed by atoms with Crippen molar-refractivity contribution in [2.45, 2.75) is 46.1 Å². The first-order valence-electron chi connectivity index (χ1n) is 6.41. The minimum atomic E-state index is 0.545. The third-order valence-electron chi connectivity index (χ3n) is 3.17. The fourth-order valence-corrected chi connectivity index (χ4v) is 2.43. The molecule has 0 aromatic heterocycles. The van der Waals surface area contributed by atoms with E-state index in [2.05, 4.69) is 66.5 Å². The van der Waals surface area contributed by atoms with Crippen molar-refractivity contribution < 1.29 is 0 Å². The number of nitrogens with zero attached hydrogens (tertiary/aromatic N) is 1. The van der Waals surface area contributed by atoms with Crippen LogP contribution in [0, 0.1) is 3.57 Å². The standard InChI is InChI=1S/C14H23IN2/c1-4-6-9-17(11(3)5-2)14-8-7-12(15)10-13(14)16/h7-8,10-11H,4-6,9,16H2,1-3H3. The molecule has 2 nitrogen and oxygen atoms in total. The molecule has 0 amide bonds. The fraction of sp³-hybridized carbons (Fsp3) is 0.571. The highest BCUT2D eigenvalue weighted by Gasteiger charge is 2.14. The van der Waals surface area contributed by atoms with E-state index in [0.717, 1.165) is 18.7 Å². The zero-order chi connectivity index (χ0) is 12.8. The van der Waals surface area contributed by atoms with Crippen LogP contribution in [0.3, 0.4) is 0 Å². The maximum absolute atomic E-state index is 6.14. The third-order valence-corrected chi connectivity index (χ3v) is 3.85. The Morgan fingerprint density at radius 3 is 2.59 bits per heavy atom. The van der Waals surface area contributed by atoms with Gasteiger partial charge in [0, 0.05) is 16.2 Å². The van der Waals surface area contributed by atoms with Crippen LogP contribution in [0.25, 0.3) is 0 Å². The van der Waals surface area contributed by atoms with E-state index in [-0.39, 0.29) is 0 Å². The van der Waals surface area contributed by atoms with Gasteiger partial charge in [-0.25, -0.2) is 0 Å². The number of nitrogens with two attached hydrogens (primary N) is 1. The molecule has 1 rings (SSSR count). The third kappa shape index (κ3) is 4.05. The number of halogens is 1. The smallest absolute Gasteiger partial charge is 0.0603 e. The fourth-order valence-electron chi connectivity index (χ4n) is 1.91. The van der Waals surface area contributed by atoms with Crippen molar-refractivity contribution in [2.24, 2.45) is 0 Å².